The molecule has 2 aromatic carbocycles. The summed E-state index contributed by atoms with van der Waals surface area (Å²) in [6.07, 6.45) is 4.04. The van der Waals surface area contributed by atoms with Gasteiger partial charge in [0, 0.05) is 24.9 Å². The maximum Gasteiger partial charge on any atom is 0.200 e. The van der Waals surface area contributed by atoms with Crippen molar-refractivity contribution in [3.8, 4) is 0 Å². The predicted octanol–water partition coefficient (Wildman–Crippen LogP) is 6.28. The molecular formula is C24H24F5N5S. The third-order valence-corrected chi connectivity index (χ3v) is 6.61. The summed E-state index contributed by atoms with van der Waals surface area (Å²) in [7, 11) is 0. The van der Waals surface area contributed by atoms with E-state index in [0.29, 0.717) is 49.2 Å². The minimum absolute atomic E-state index is 0.297. The van der Waals surface area contributed by atoms with Crippen LogP contribution in [-0.4, -0.2) is 21.1 Å². The first-order chi connectivity index (χ1) is 16.8. The minimum atomic E-state index is -2.17. The highest BCUT2D eigenvalue weighted by atomic mass is 32.2. The smallest absolute Gasteiger partial charge is 0.200 e. The molecule has 35 heavy (non-hydrogen) atoms. The number of nitrogens with one attached hydrogen (secondary N) is 1. The number of benzene rings is 2. The van der Waals surface area contributed by atoms with Gasteiger partial charge in [0.25, 0.3) is 0 Å². The number of aromatic nitrogens is 3. The Hall–Kier alpha value is -2.92. The molecule has 2 aromatic heterocycles. The normalized spacial score (nSPS) is 11.7. The molecule has 0 amide bonds. The lowest BCUT2D eigenvalue weighted by Gasteiger charge is -2.12. The molecule has 0 aliphatic heterocycles. The van der Waals surface area contributed by atoms with Gasteiger partial charge < -0.3 is 10.3 Å². The average molecular weight is 510 g/mol. The van der Waals surface area contributed by atoms with Crippen LogP contribution in [0.1, 0.15) is 38.4 Å². The second-order valence-corrected chi connectivity index (χ2v) is 9.00. The van der Waals surface area contributed by atoms with Gasteiger partial charge in [-0.15, -0.1) is 0 Å². The third-order valence-electron chi connectivity index (χ3n) is 5.70. The van der Waals surface area contributed by atoms with E-state index in [1.807, 2.05) is 24.3 Å². The van der Waals surface area contributed by atoms with Gasteiger partial charge >= 0.3 is 0 Å². The molecule has 4 rings (SSSR count). The van der Waals surface area contributed by atoms with Crippen molar-refractivity contribution >= 4 is 39.7 Å². The molecule has 0 spiro atoms. The maximum atomic E-state index is 13.8. The minimum Gasteiger partial charge on any atom is -0.382 e. The first-order valence-corrected chi connectivity index (χ1v) is 12.1. The Bertz CT molecular complexity index is 1350. The quantitative estimate of drug-likeness (QED) is 0.0866. The highest BCUT2D eigenvalue weighted by molar-refractivity contribution is 7.97. The molecule has 11 heteroatoms. The molecule has 0 aliphatic rings. The van der Waals surface area contributed by atoms with Crippen molar-refractivity contribution < 1.29 is 22.0 Å². The van der Waals surface area contributed by atoms with E-state index in [0.717, 1.165) is 41.5 Å². The van der Waals surface area contributed by atoms with Crippen LogP contribution >= 0.6 is 11.9 Å². The van der Waals surface area contributed by atoms with Crippen molar-refractivity contribution in [2.75, 3.05) is 12.3 Å². The second kappa shape index (κ2) is 10.8. The van der Waals surface area contributed by atoms with Crippen LogP contribution in [0.15, 0.2) is 29.2 Å². The van der Waals surface area contributed by atoms with Crippen LogP contribution in [0.4, 0.5) is 27.8 Å². The molecule has 3 N–H and O–H groups in total. The predicted molar refractivity (Wildman–Crippen MR) is 127 cm³/mol. The molecule has 2 heterocycles. The van der Waals surface area contributed by atoms with Gasteiger partial charge in [-0.05, 0) is 37.3 Å². The average Bonchev–Trinajstić information content (AvgIpc) is 3.23. The van der Waals surface area contributed by atoms with Gasteiger partial charge in [-0.3, -0.25) is 4.72 Å². The highest BCUT2D eigenvalue weighted by Crippen LogP contribution is 2.31. The van der Waals surface area contributed by atoms with E-state index < -0.39 is 34.0 Å². The van der Waals surface area contributed by atoms with Gasteiger partial charge in [-0.2, -0.15) is 0 Å². The number of hydrogen-bond donors (Lipinski definition) is 2. The number of halogens is 5. The van der Waals surface area contributed by atoms with E-state index in [4.69, 9.17) is 10.7 Å². The number of hydrogen-bond acceptors (Lipinski definition) is 5. The van der Waals surface area contributed by atoms with Gasteiger partial charge in [-0.25, -0.2) is 31.9 Å². The number of imidazole rings is 1. The van der Waals surface area contributed by atoms with Crippen LogP contribution in [0, 0.1) is 29.1 Å². The Labute approximate surface area is 203 Å². The number of pyridine rings is 1. The number of nitrogen functional groups attached to an aromatic ring is 1. The van der Waals surface area contributed by atoms with Crippen molar-refractivity contribution in [3.63, 3.8) is 0 Å². The molecule has 0 radical (unpaired) electrons. The van der Waals surface area contributed by atoms with Crippen LogP contribution in [-0.2, 0) is 13.0 Å². The largest absolute Gasteiger partial charge is 0.382 e. The molecule has 186 valence electrons. The molecule has 4 aromatic rings. The van der Waals surface area contributed by atoms with E-state index in [2.05, 4.69) is 21.2 Å². The first kappa shape index (κ1) is 25.2. The zero-order valence-corrected chi connectivity index (χ0v) is 19.8. The van der Waals surface area contributed by atoms with E-state index in [1.165, 1.54) is 0 Å². The third kappa shape index (κ3) is 4.92. The van der Waals surface area contributed by atoms with Crippen LogP contribution in [0.25, 0.3) is 21.9 Å². The van der Waals surface area contributed by atoms with E-state index in [9.17, 15) is 22.0 Å². The lowest BCUT2D eigenvalue weighted by atomic mass is 10.2. The molecule has 0 unspecified atom stereocenters. The number of anilines is 1. The molecule has 0 saturated carbocycles. The standard InChI is InChI=1S/C24H24F5N5S/c1-2-3-10-15-33-21-22(13-8-4-5-9-14(13)32-24(21)30)34(15)12-7-6-11-31-35-23-19(28)17(26)16(25)18(27)20(23)29/h4-5,8-9,31H,2-3,6-7,10-12H2,1H3,(H2,30,32). The molecular weight excluding hydrogens is 485 g/mol. The second-order valence-electron chi connectivity index (χ2n) is 8.10. The van der Waals surface area contributed by atoms with E-state index >= 15 is 0 Å². The Morgan fingerprint density at radius 2 is 1.60 bits per heavy atom. The van der Waals surface area contributed by atoms with Gasteiger partial charge in [0.05, 0.1) is 11.0 Å². The number of rotatable bonds is 10. The van der Waals surface area contributed by atoms with Crippen molar-refractivity contribution in [3.05, 3.63) is 59.2 Å². The van der Waals surface area contributed by atoms with Gasteiger partial charge in [0.15, 0.2) is 29.1 Å². The maximum absolute atomic E-state index is 13.8. The fraction of sp³-hybridized carbons (Fsp3) is 0.333. The summed E-state index contributed by atoms with van der Waals surface area (Å²) < 4.78 is 72.4. The highest BCUT2D eigenvalue weighted by Gasteiger charge is 2.26. The Balaban J connectivity index is 1.47. The molecule has 0 saturated heterocycles. The summed E-state index contributed by atoms with van der Waals surface area (Å²) in [6.45, 7) is 3.02. The fourth-order valence-electron chi connectivity index (χ4n) is 3.94. The summed E-state index contributed by atoms with van der Waals surface area (Å²) in [5.74, 6) is -8.49. The molecule has 5 nitrogen and oxygen atoms in total. The molecule has 0 fully saturated rings. The summed E-state index contributed by atoms with van der Waals surface area (Å²) >= 11 is 0.389. The van der Waals surface area contributed by atoms with Crippen molar-refractivity contribution in [2.24, 2.45) is 0 Å². The first-order valence-electron chi connectivity index (χ1n) is 11.3. The zero-order valence-electron chi connectivity index (χ0n) is 19.0. The fourth-order valence-corrected chi connectivity index (χ4v) is 4.69. The Morgan fingerprint density at radius 3 is 2.31 bits per heavy atom. The van der Waals surface area contributed by atoms with Crippen LogP contribution in [0.3, 0.4) is 0 Å². The van der Waals surface area contributed by atoms with Crippen molar-refractivity contribution in [1.29, 1.82) is 0 Å². The lowest BCUT2D eigenvalue weighted by Crippen LogP contribution is -2.11. The number of aryl methyl sites for hydroxylation is 2. The van der Waals surface area contributed by atoms with Crippen LogP contribution in [0.5, 0.6) is 0 Å². The molecule has 0 aliphatic carbocycles. The van der Waals surface area contributed by atoms with Gasteiger partial charge in [-0.1, -0.05) is 31.5 Å². The number of para-hydroxylation sites is 1. The van der Waals surface area contributed by atoms with Crippen molar-refractivity contribution in [2.45, 2.75) is 50.5 Å². The topological polar surface area (TPSA) is 68.8 Å². The van der Waals surface area contributed by atoms with Gasteiger partial charge in [0.2, 0.25) is 5.82 Å². The van der Waals surface area contributed by atoms with E-state index in [-0.39, 0.29) is 0 Å². The number of fused-ring (bicyclic) bond motifs is 3. The Kier molecular flexibility index (Phi) is 7.75. The van der Waals surface area contributed by atoms with Crippen LogP contribution in [0.2, 0.25) is 0 Å². The number of nitrogens with zero attached hydrogens (tertiary/aromatic N) is 3. The zero-order chi connectivity index (χ0) is 25.1. The van der Waals surface area contributed by atoms with Gasteiger partial charge in [0.1, 0.15) is 16.2 Å². The van der Waals surface area contributed by atoms with Crippen LogP contribution < -0.4 is 10.5 Å². The summed E-state index contributed by atoms with van der Waals surface area (Å²) in [6, 6.07) is 7.71. The summed E-state index contributed by atoms with van der Waals surface area (Å²) in [5, 5.41) is 0.951. The number of nitrogens with two attached hydrogens (primary N) is 1. The summed E-state index contributed by atoms with van der Waals surface area (Å²) in [4.78, 5) is 8.29. The molecule has 0 bridgehead atoms. The van der Waals surface area contributed by atoms with Crippen molar-refractivity contribution in [1.82, 2.24) is 19.3 Å². The van der Waals surface area contributed by atoms with E-state index in [1.54, 1.807) is 0 Å². The monoisotopic (exact) mass is 509 g/mol. The number of unbranched alkanes of at least 4 members (excludes halogenated alkanes) is 2. The SMILES string of the molecule is CCCCc1nc2c(N)nc3ccccc3c2n1CCCCNSc1c(F)c(F)c(F)c(F)c1F. The lowest BCUT2D eigenvalue weighted by molar-refractivity contribution is 0.360. The summed E-state index contributed by atoms with van der Waals surface area (Å²) in [5.41, 5.74) is 8.56. The molecule has 0 atom stereocenters. The Morgan fingerprint density at radius 1 is 0.914 bits per heavy atom.